The Labute approximate surface area is 96.7 Å². The summed E-state index contributed by atoms with van der Waals surface area (Å²) in [6.45, 7) is 2.32. The van der Waals surface area contributed by atoms with Gasteiger partial charge in [0.2, 0.25) is 0 Å². The lowest BCUT2D eigenvalue weighted by molar-refractivity contribution is 0.0697. The third-order valence-electron chi connectivity index (χ3n) is 1.65. The first-order valence-corrected chi connectivity index (χ1v) is 6.44. The van der Waals surface area contributed by atoms with Gasteiger partial charge in [0, 0.05) is 12.9 Å². The van der Waals surface area contributed by atoms with Crippen molar-refractivity contribution in [3.63, 3.8) is 0 Å². The number of carboxylic acid groups (broad SMARTS) is 1. The van der Waals surface area contributed by atoms with Crippen LogP contribution in [0.15, 0.2) is 0 Å². The quantitative estimate of drug-likeness (QED) is 0.835. The minimum atomic E-state index is -0.924. The fourth-order valence-corrected chi connectivity index (χ4v) is 2.68. The molecule has 0 aliphatic heterocycles. The molecule has 0 spiro atoms. The zero-order chi connectivity index (χ0) is 11.3. The van der Waals surface area contributed by atoms with Crippen LogP contribution in [0.4, 0.5) is 0 Å². The first kappa shape index (κ1) is 12.5. The van der Waals surface area contributed by atoms with Crippen molar-refractivity contribution in [1.29, 1.82) is 0 Å². The standard InChI is InChI=1S/C9H13NO3S2/c1-3-14-5-7-10-6(4-13-2)8(15-7)9(11)12/h3-5H2,1-2H3,(H,11,12). The van der Waals surface area contributed by atoms with Crippen LogP contribution in [0, 0.1) is 0 Å². The van der Waals surface area contributed by atoms with Gasteiger partial charge >= 0.3 is 5.97 Å². The van der Waals surface area contributed by atoms with Crippen molar-refractivity contribution in [3.05, 3.63) is 15.6 Å². The van der Waals surface area contributed by atoms with Crippen LogP contribution in [0.2, 0.25) is 0 Å². The minimum Gasteiger partial charge on any atom is -0.477 e. The van der Waals surface area contributed by atoms with Gasteiger partial charge in [-0.25, -0.2) is 9.78 Å². The average Bonchev–Trinajstić information content (AvgIpc) is 2.59. The Bertz CT molecular complexity index is 338. The third kappa shape index (κ3) is 3.48. The van der Waals surface area contributed by atoms with Crippen LogP contribution in [0.5, 0.6) is 0 Å². The van der Waals surface area contributed by atoms with Crippen molar-refractivity contribution in [2.75, 3.05) is 12.9 Å². The summed E-state index contributed by atoms with van der Waals surface area (Å²) in [7, 11) is 1.53. The molecule has 0 aliphatic carbocycles. The van der Waals surface area contributed by atoms with Gasteiger partial charge in [-0.05, 0) is 5.75 Å². The summed E-state index contributed by atoms with van der Waals surface area (Å²) in [4.78, 5) is 15.4. The molecule has 6 heteroatoms. The number of carboxylic acids is 1. The Morgan fingerprint density at radius 3 is 2.93 bits per heavy atom. The maximum absolute atomic E-state index is 10.9. The number of methoxy groups -OCH3 is 1. The second kappa shape index (κ2) is 6.09. The van der Waals surface area contributed by atoms with Gasteiger partial charge in [0.05, 0.1) is 12.3 Å². The highest BCUT2D eigenvalue weighted by Crippen LogP contribution is 2.23. The maximum atomic E-state index is 10.9. The Morgan fingerprint density at radius 1 is 1.67 bits per heavy atom. The van der Waals surface area contributed by atoms with Gasteiger partial charge in [0.1, 0.15) is 9.88 Å². The molecule has 84 valence electrons. The summed E-state index contributed by atoms with van der Waals surface area (Å²) in [5, 5.41) is 9.79. The second-order valence-electron chi connectivity index (χ2n) is 2.76. The molecule has 0 saturated heterocycles. The molecule has 0 atom stereocenters. The number of hydrogen-bond acceptors (Lipinski definition) is 5. The highest BCUT2D eigenvalue weighted by atomic mass is 32.2. The fourth-order valence-electron chi connectivity index (χ4n) is 1.05. The Kier molecular flexibility index (Phi) is 5.07. The van der Waals surface area contributed by atoms with Crippen LogP contribution in [-0.2, 0) is 17.1 Å². The number of aromatic nitrogens is 1. The predicted molar refractivity (Wildman–Crippen MR) is 61.6 cm³/mol. The molecule has 0 radical (unpaired) electrons. The average molecular weight is 247 g/mol. The van der Waals surface area contributed by atoms with E-state index in [4.69, 9.17) is 9.84 Å². The molecular weight excluding hydrogens is 234 g/mol. The van der Waals surface area contributed by atoms with E-state index in [0.717, 1.165) is 16.5 Å². The van der Waals surface area contributed by atoms with E-state index in [1.807, 2.05) is 0 Å². The van der Waals surface area contributed by atoms with Gasteiger partial charge in [0.15, 0.2) is 0 Å². The molecule has 4 nitrogen and oxygen atoms in total. The molecule has 1 rings (SSSR count). The van der Waals surface area contributed by atoms with Crippen LogP contribution in [-0.4, -0.2) is 28.9 Å². The topological polar surface area (TPSA) is 59.4 Å². The fraction of sp³-hybridized carbons (Fsp3) is 0.556. The van der Waals surface area contributed by atoms with E-state index in [-0.39, 0.29) is 6.61 Å². The summed E-state index contributed by atoms with van der Waals surface area (Å²) in [6, 6.07) is 0. The van der Waals surface area contributed by atoms with Crippen LogP contribution < -0.4 is 0 Å². The molecule has 1 heterocycles. The van der Waals surface area contributed by atoms with Crippen molar-refractivity contribution in [2.45, 2.75) is 19.3 Å². The lowest BCUT2D eigenvalue weighted by Gasteiger charge is -1.94. The van der Waals surface area contributed by atoms with Gasteiger partial charge < -0.3 is 9.84 Å². The largest absolute Gasteiger partial charge is 0.477 e. The summed E-state index contributed by atoms with van der Waals surface area (Å²) in [5.41, 5.74) is 0.529. The first-order chi connectivity index (χ1) is 7.19. The molecular formula is C9H13NO3S2. The first-order valence-electron chi connectivity index (χ1n) is 4.47. The summed E-state index contributed by atoms with van der Waals surface area (Å²) < 4.78 is 4.91. The molecule has 0 fully saturated rings. The Morgan fingerprint density at radius 2 is 2.40 bits per heavy atom. The van der Waals surface area contributed by atoms with E-state index < -0.39 is 5.97 Å². The third-order valence-corrected chi connectivity index (χ3v) is 3.80. The minimum absolute atomic E-state index is 0.259. The number of hydrogen-bond donors (Lipinski definition) is 1. The molecule has 15 heavy (non-hydrogen) atoms. The monoisotopic (exact) mass is 247 g/mol. The van der Waals surface area contributed by atoms with E-state index in [1.54, 1.807) is 11.8 Å². The van der Waals surface area contributed by atoms with Gasteiger partial charge in [-0.1, -0.05) is 6.92 Å². The molecule has 0 unspecified atom stereocenters. The highest BCUT2D eigenvalue weighted by Gasteiger charge is 2.16. The number of thiazole rings is 1. The van der Waals surface area contributed by atoms with E-state index >= 15 is 0 Å². The number of ether oxygens (including phenoxy) is 1. The molecule has 1 aromatic rings. The van der Waals surface area contributed by atoms with Crippen LogP contribution in [0.25, 0.3) is 0 Å². The van der Waals surface area contributed by atoms with Gasteiger partial charge in [0.25, 0.3) is 0 Å². The lowest BCUT2D eigenvalue weighted by atomic mass is 10.4. The molecule has 1 N–H and O–H groups in total. The maximum Gasteiger partial charge on any atom is 0.347 e. The number of aromatic carboxylic acids is 1. The summed E-state index contributed by atoms with van der Waals surface area (Å²) >= 11 is 2.96. The van der Waals surface area contributed by atoms with Crippen LogP contribution in [0.1, 0.15) is 27.3 Å². The van der Waals surface area contributed by atoms with Crippen LogP contribution in [0.3, 0.4) is 0 Å². The van der Waals surface area contributed by atoms with E-state index in [9.17, 15) is 4.79 Å². The Balaban J connectivity index is 2.83. The molecule has 0 saturated carbocycles. The van der Waals surface area contributed by atoms with Crippen molar-refractivity contribution in [1.82, 2.24) is 4.98 Å². The molecule has 1 aromatic heterocycles. The zero-order valence-corrected chi connectivity index (χ0v) is 10.3. The number of thioether (sulfide) groups is 1. The second-order valence-corrected chi connectivity index (χ2v) is 5.12. The summed E-state index contributed by atoms with van der Waals surface area (Å²) in [6.07, 6.45) is 0. The lowest BCUT2D eigenvalue weighted by Crippen LogP contribution is -1.99. The molecule has 0 aromatic carbocycles. The van der Waals surface area contributed by atoms with Crippen molar-refractivity contribution in [2.24, 2.45) is 0 Å². The van der Waals surface area contributed by atoms with Crippen LogP contribution >= 0.6 is 23.1 Å². The normalized spacial score (nSPS) is 10.5. The zero-order valence-electron chi connectivity index (χ0n) is 8.65. The van der Waals surface area contributed by atoms with E-state index in [0.29, 0.717) is 10.6 Å². The van der Waals surface area contributed by atoms with Crippen molar-refractivity contribution < 1.29 is 14.6 Å². The predicted octanol–water partition coefficient (Wildman–Crippen LogP) is 2.24. The van der Waals surface area contributed by atoms with Crippen molar-refractivity contribution in [3.8, 4) is 0 Å². The molecule has 0 amide bonds. The van der Waals surface area contributed by atoms with Gasteiger partial charge in [-0.15, -0.1) is 11.3 Å². The number of nitrogens with zero attached hydrogens (tertiary/aromatic N) is 1. The number of carbonyl (C=O) groups is 1. The van der Waals surface area contributed by atoms with Gasteiger partial charge in [-0.3, -0.25) is 0 Å². The van der Waals surface area contributed by atoms with Crippen molar-refractivity contribution >= 4 is 29.1 Å². The SMILES string of the molecule is CCSCc1nc(COC)c(C(=O)O)s1. The van der Waals surface area contributed by atoms with Gasteiger partial charge in [-0.2, -0.15) is 11.8 Å². The smallest absolute Gasteiger partial charge is 0.347 e. The Hall–Kier alpha value is -0.590. The van der Waals surface area contributed by atoms with E-state index in [2.05, 4.69) is 11.9 Å². The highest BCUT2D eigenvalue weighted by molar-refractivity contribution is 7.98. The number of rotatable bonds is 6. The van der Waals surface area contributed by atoms with E-state index in [1.165, 1.54) is 18.4 Å². The molecule has 0 aliphatic rings. The summed E-state index contributed by atoms with van der Waals surface area (Å²) in [5.74, 6) is 0.847. The molecule has 0 bridgehead atoms.